The molecular formula is C16H22N2S. The molecule has 1 heterocycles. The molecule has 1 aromatic heterocycles. The zero-order valence-corrected chi connectivity index (χ0v) is 12.7. The van der Waals surface area contributed by atoms with Crippen molar-refractivity contribution in [2.45, 2.75) is 26.4 Å². The molecule has 0 amide bonds. The van der Waals surface area contributed by atoms with Gasteiger partial charge in [0.1, 0.15) is 0 Å². The van der Waals surface area contributed by atoms with Crippen LogP contribution in [0.15, 0.2) is 35.0 Å². The first kappa shape index (κ1) is 14.3. The molecule has 1 aromatic carbocycles. The first-order chi connectivity index (χ1) is 9.13. The van der Waals surface area contributed by atoms with Gasteiger partial charge in [-0.3, -0.25) is 4.90 Å². The molecule has 2 aromatic rings. The lowest BCUT2D eigenvalue weighted by molar-refractivity contribution is 0.240. The predicted octanol–water partition coefficient (Wildman–Crippen LogP) is 3.50. The first-order valence-corrected chi connectivity index (χ1v) is 7.55. The Morgan fingerprint density at radius 2 is 1.89 bits per heavy atom. The summed E-state index contributed by atoms with van der Waals surface area (Å²) in [6.07, 6.45) is 0. The molecule has 102 valence electrons. The van der Waals surface area contributed by atoms with Gasteiger partial charge in [0, 0.05) is 19.1 Å². The van der Waals surface area contributed by atoms with E-state index in [4.69, 9.17) is 5.73 Å². The van der Waals surface area contributed by atoms with E-state index in [1.165, 1.54) is 22.3 Å². The van der Waals surface area contributed by atoms with E-state index in [2.05, 4.69) is 60.8 Å². The van der Waals surface area contributed by atoms with Crippen molar-refractivity contribution in [3.8, 4) is 0 Å². The van der Waals surface area contributed by atoms with E-state index in [0.29, 0.717) is 6.54 Å². The maximum Gasteiger partial charge on any atom is 0.0476 e. The van der Waals surface area contributed by atoms with E-state index in [0.717, 1.165) is 6.54 Å². The van der Waals surface area contributed by atoms with Crippen LogP contribution in [0.3, 0.4) is 0 Å². The number of nitrogens with zero attached hydrogens (tertiary/aromatic N) is 1. The summed E-state index contributed by atoms with van der Waals surface area (Å²) in [6, 6.07) is 8.91. The fraction of sp³-hybridized carbons (Fsp3) is 0.375. The van der Waals surface area contributed by atoms with Crippen molar-refractivity contribution >= 4 is 11.3 Å². The molecule has 2 rings (SSSR count). The van der Waals surface area contributed by atoms with E-state index < -0.39 is 0 Å². The van der Waals surface area contributed by atoms with Crippen molar-refractivity contribution in [1.82, 2.24) is 4.90 Å². The van der Waals surface area contributed by atoms with Gasteiger partial charge in [-0.2, -0.15) is 11.3 Å². The number of hydrogen-bond donors (Lipinski definition) is 1. The van der Waals surface area contributed by atoms with E-state index in [1.54, 1.807) is 11.3 Å². The number of benzene rings is 1. The Labute approximate surface area is 119 Å². The van der Waals surface area contributed by atoms with Crippen LogP contribution in [0.25, 0.3) is 0 Å². The van der Waals surface area contributed by atoms with Crippen LogP contribution >= 0.6 is 11.3 Å². The second-order valence-electron chi connectivity index (χ2n) is 5.10. The third kappa shape index (κ3) is 3.24. The summed E-state index contributed by atoms with van der Waals surface area (Å²) in [5.74, 6) is 0. The lowest BCUT2D eigenvalue weighted by Crippen LogP contribution is -2.31. The Morgan fingerprint density at radius 3 is 2.42 bits per heavy atom. The molecule has 2 N–H and O–H groups in total. The second-order valence-corrected chi connectivity index (χ2v) is 5.88. The molecule has 0 saturated carbocycles. The average Bonchev–Trinajstić information content (AvgIpc) is 2.86. The standard InChI is InChI=1S/C16H22N2S/c1-12-5-4-6-13(2)16(12)15(9-17)18(3)10-14-7-8-19-11-14/h4-8,11,15H,9-10,17H2,1-3H3. The Balaban J connectivity index is 2.24. The van der Waals surface area contributed by atoms with Crippen molar-refractivity contribution in [1.29, 1.82) is 0 Å². The van der Waals surface area contributed by atoms with Gasteiger partial charge in [0.15, 0.2) is 0 Å². The molecule has 1 atom stereocenters. The zero-order chi connectivity index (χ0) is 13.8. The van der Waals surface area contributed by atoms with Crippen molar-refractivity contribution in [2.75, 3.05) is 13.6 Å². The first-order valence-electron chi connectivity index (χ1n) is 6.61. The van der Waals surface area contributed by atoms with Crippen LogP contribution in [0.1, 0.15) is 28.3 Å². The summed E-state index contributed by atoms with van der Waals surface area (Å²) in [4.78, 5) is 2.34. The summed E-state index contributed by atoms with van der Waals surface area (Å²) in [7, 11) is 2.15. The minimum Gasteiger partial charge on any atom is -0.329 e. The highest BCUT2D eigenvalue weighted by Gasteiger charge is 2.19. The summed E-state index contributed by atoms with van der Waals surface area (Å²) in [6.45, 7) is 5.93. The van der Waals surface area contributed by atoms with Gasteiger partial charge in [0.2, 0.25) is 0 Å². The molecule has 0 spiro atoms. The Bertz CT molecular complexity index is 499. The van der Waals surface area contributed by atoms with Gasteiger partial charge in [-0.1, -0.05) is 18.2 Å². The van der Waals surface area contributed by atoms with E-state index >= 15 is 0 Å². The van der Waals surface area contributed by atoms with Crippen LogP contribution in [-0.4, -0.2) is 18.5 Å². The third-order valence-electron chi connectivity index (χ3n) is 3.64. The molecule has 0 aliphatic rings. The highest BCUT2D eigenvalue weighted by atomic mass is 32.1. The number of aryl methyl sites for hydroxylation is 2. The highest BCUT2D eigenvalue weighted by molar-refractivity contribution is 7.07. The minimum absolute atomic E-state index is 0.279. The van der Waals surface area contributed by atoms with Crippen molar-refractivity contribution < 1.29 is 0 Å². The summed E-state index contributed by atoms with van der Waals surface area (Å²) in [5.41, 5.74) is 11.4. The Morgan fingerprint density at radius 1 is 1.21 bits per heavy atom. The highest BCUT2D eigenvalue weighted by Crippen LogP contribution is 2.26. The van der Waals surface area contributed by atoms with Crippen LogP contribution in [0.4, 0.5) is 0 Å². The fourth-order valence-corrected chi connectivity index (χ4v) is 3.31. The van der Waals surface area contributed by atoms with Crippen molar-refractivity contribution in [3.05, 3.63) is 57.3 Å². The van der Waals surface area contributed by atoms with Gasteiger partial charge < -0.3 is 5.73 Å². The largest absolute Gasteiger partial charge is 0.329 e. The topological polar surface area (TPSA) is 29.3 Å². The molecule has 0 fully saturated rings. The van der Waals surface area contributed by atoms with Crippen molar-refractivity contribution in [3.63, 3.8) is 0 Å². The number of hydrogen-bond acceptors (Lipinski definition) is 3. The summed E-state index contributed by atoms with van der Waals surface area (Å²) in [5, 5.41) is 4.33. The molecule has 0 radical (unpaired) electrons. The molecule has 0 aliphatic carbocycles. The third-order valence-corrected chi connectivity index (χ3v) is 4.37. The normalized spacial score (nSPS) is 12.9. The lowest BCUT2D eigenvalue weighted by atomic mass is 9.95. The molecule has 0 aliphatic heterocycles. The van der Waals surface area contributed by atoms with Gasteiger partial charge in [-0.15, -0.1) is 0 Å². The van der Waals surface area contributed by atoms with E-state index in [-0.39, 0.29) is 6.04 Å². The molecule has 0 saturated heterocycles. The lowest BCUT2D eigenvalue weighted by Gasteiger charge is -2.29. The minimum atomic E-state index is 0.279. The quantitative estimate of drug-likeness (QED) is 0.904. The number of likely N-dealkylation sites (N-methyl/N-ethyl adjacent to an activating group) is 1. The van der Waals surface area contributed by atoms with Gasteiger partial charge in [0.25, 0.3) is 0 Å². The predicted molar refractivity (Wildman–Crippen MR) is 83.5 cm³/mol. The molecule has 1 unspecified atom stereocenters. The summed E-state index contributed by atoms with van der Waals surface area (Å²) < 4.78 is 0. The van der Waals surface area contributed by atoms with Gasteiger partial charge in [0.05, 0.1) is 0 Å². The van der Waals surface area contributed by atoms with Crippen LogP contribution in [0.2, 0.25) is 0 Å². The Hall–Kier alpha value is -1.16. The van der Waals surface area contributed by atoms with Crippen molar-refractivity contribution in [2.24, 2.45) is 5.73 Å². The monoisotopic (exact) mass is 274 g/mol. The number of thiophene rings is 1. The average molecular weight is 274 g/mol. The summed E-state index contributed by atoms with van der Waals surface area (Å²) >= 11 is 1.75. The maximum absolute atomic E-state index is 6.03. The van der Waals surface area contributed by atoms with E-state index in [9.17, 15) is 0 Å². The van der Waals surface area contributed by atoms with Crippen LogP contribution < -0.4 is 5.73 Å². The smallest absolute Gasteiger partial charge is 0.0476 e. The maximum atomic E-state index is 6.03. The molecule has 3 heteroatoms. The Kier molecular flexibility index (Phi) is 4.75. The van der Waals surface area contributed by atoms with Crippen LogP contribution in [-0.2, 0) is 6.54 Å². The fourth-order valence-electron chi connectivity index (χ4n) is 2.65. The molecule has 19 heavy (non-hydrogen) atoms. The second kappa shape index (κ2) is 6.33. The SMILES string of the molecule is Cc1cccc(C)c1C(CN)N(C)Cc1ccsc1. The molecule has 2 nitrogen and oxygen atoms in total. The number of rotatable bonds is 5. The molecule has 0 bridgehead atoms. The van der Waals surface area contributed by atoms with E-state index in [1.807, 2.05) is 0 Å². The van der Waals surface area contributed by atoms with Crippen LogP contribution in [0.5, 0.6) is 0 Å². The molecular weight excluding hydrogens is 252 g/mol. The zero-order valence-electron chi connectivity index (χ0n) is 11.9. The van der Waals surface area contributed by atoms with Gasteiger partial charge in [-0.05, 0) is 60.0 Å². The van der Waals surface area contributed by atoms with Gasteiger partial charge in [-0.25, -0.2) is 0 Å². The van der Waals surface area contributed by atoms with Crippen LogP contribution in [0, 0.1) is 13.8 Å². The van der Waals surface area contributed by atoms with Gasteiger partial charge >= 0.3 is 0 Å². The number of nitrogens with two attached hydrogens (primary N) is 1.